The topological polar surface area (TPSA) is 44.4 Å². The summed E-state index contributed by atoms with van der Waals surface area (Å²) in [5.41, 5.74) is 1.32. The molecule has 0 aromatic heterocycles. The summed E-state index contributed by atoms with van der Waals surface area (Å²) in [6, 6.07) is 12.5. The summed E-state index contributed by atoms with van der Waals surface area (Å²) in [6.07, 6.45) is -0.685. The number of carbonyl (C=O) groups is 1. The molecule has 0 radical (unpaired) electrons. The number of nitrogens with one attached hydrogen (secondary N) is 2. The average molecular weight is 391 g/mol. The zero-order chi connectivity index (χ0) is 20.0. The second kappa shape index (κ2) is 9.10. The minimum absolute atomic E-state index is 0.113. The third-order valence-corrected chi connectivity index (χ3v) is 4.71. The molecule has 3 rings (SSSR count). The summed E-state index contributed by atoms with van der Waals surface area (Å²) in [5.74, 6) is -0.312. The quantitative estimate of drug-likeness (QED) is 0.748. The van der Waals surface area contributed by atoms with Gasteiger partial charge in [-0.15, -0.1) is 0 Å². The number of hydrogen-bond acceptors (Lipinski definition) is 3. The molecule has 2 N–H and O–H groups in total. The van der Waals surface area contributed by atoms with Crippen LogP contribution < -0.4 is 10.6 Å². The van der Waals surface area contributed by atoms with E-state index in [2.05, 4.69) is 15.5 Å². The second-order valence-electron chi connectivity index (χ2n) is 7.02. The first-order chi connectivity index (χ1) is 13.4. The van der Waals surface area contributed by atoms with Crippen molar-refractivity contribution in [2.75, 3.05) is 30.3 Å². The van der Waals surface area contributed by atoms with Gasteiger partial charge in [0.15, 0.2) is 0 Å². The Kier molecular flexibility index (Phi) is 6.57. The van der Waals surface area contributed by atoms with E-state index in [-0.39, 0.29) is 18.1 Å². The fraction of sp³-hybridized carbons (Fsp3) is 0.381. The van der Waals surface area contributed by atoms with Gasteiger partial charge in [0, 0.05) is 17.9 Å². The van der Waals surface area contributed by atoms with Crippen molar-refractivity contribution in [1.29, 1.82) is 0 Å². The van der Waals surface area contributed by atoms with Gasteiger partial charge in [-0.3, -0.25) is 9.69 Å². The number of likely N-dealkylation sites (tertiary alicyclic amines) is 1. The molecule has 0 bridgehead atoms. The molecule has 2 aromatic carbocycles. The molecule has 1 amide bonds. The lowest BCUT2D eigenvalue weighted by atomic mass is 10.1. The largest absolute Gasteiger partial charge is 0.416 e. The molecule has 150 valence electrons. The predicted octanol–water partition coefficient (Wildman–Crippen LogP) is 4.74. The van der Waals surface area contributed by atoms with E-state index in [9.17, 15) is 18.0 Å². The zero-order valence-corrected chi connectivity index (χ0v) is 15.6. The fourth-order valence-electron chi connectivity index (χ4n) is 3.32. The van der Waals surface area contributed by atoms with Gasteiger partial charge in [-0.1, -0.05) is 24.6 Å². The van der Waals surface area contributed by atoms with Crippen molar-refractivity contribution in [3.05, 3.63) is 59.7 Å². The van der Waals surface area contributed by atoms with E-state index in [4.69, 9.17) is 0 Å². The Labute approximate surface area is 162 Å². The lowest BCUT2D eigenvalue weighted by Crippen LogP contribution is -2.29. The normalized spacial score (nSPS) is 15.2. The Balaban J connectivity index is 1.53. The molecule has 1 aliphatic heterocycles. The van der Waals surface area contributed by atoms with Crippen LogP contribution in [-0.2, 0) is 17.5 Å². The summed E-state index contributed by atoms with van der Waals surface area (Å²) in [7, 11) is 0. The third-order valence-electron chi connectivity index (χ3n) is 4.71. The molecule has 1 heterocycles. The average Bonchev–Trinajstić information content (AvgIpc) is 2.67. The van der Waals surface area contributed by atoms with E-state index in [0.717, 1.165) is 37.3 Å². The number of halogens is 3. The number of amides is 1. The zero-order valence-electron chi connectivity index (χ0n) is 15.6. The first-order valence-electron chi connectivity index (χ1n) is 9.42. The van der Waals surface area contributed by atoms with Gasteiger partial charge in [0.2, 0.25) is 5.91 Å². The van der Waals surface area contributed by atoms with E-state index in [1.165, 1.54) is 31.4 Å². The number of rotatable bonds is 6. The Bertz CT molecular complexity index is 801. The fourth-order valence-corrected chi connectivity index (χ4v) is 3.32. The maximum Gasteiger partial charge on any atom is 0.416 e. The summed E-state index contributed by atoms with van der Waals surface area (Å²) in [5, 5.41) is 5.53. The molecule has 2 aromatic rings. The van der Waals surface area contributed by atoms with Crippen LogP contribution in [0, 0.1) is 0 Å². The van der Waals surface area contributed by atoms with E-state index in [1.807, 2.05) is 24.3 Å². The monoisotopic (exact) mass is 391 g/mol. The van der Waals surface area contributed by atoms with E-state index < -0.39 is 11.7 Å². The number of anilines is 2. The maximum absolute atomic E-state index is 12.7. The predicted molar refractivity (Wildman–Crippen MR) is 104 cm³/mol. The number of piperidine rings is 1. The molecule has 0 unspecified atom stereocenters. The molecule has 0 saturated carbocycles. The summed E-state index contributed by atoms with van der Waals surface area (Å²) < 4.78 is 38.2. The number of hydrogen-bond donors (Lipinski definition) is 2. The Hall–Kier alpha value is -2.54. The first-order valence-corrected chi connectivity index (χ1v) is 9.42. The van der Waals surface area contributed by atoms with Gasteiger partial charge < -0.3 is 10.6 Å². The highest BCUT2D eigenvalue weighted by Crippen LogP contribution is 2.30. The van der Waals surface area contributed by atoms with Crippen molar-refractivity contribution in [2.24, 2.45) is 0 Å². The Morgan fingerprint density at radius 1 is 0.964 bits per heavy atom. The summed E-state index contributed by atoms with van der Waals surface area (Å²) in [6.45, 7) is 2.93. The van der Waals surface area contributed by atoms with Crippen LogP contribution in [0.4, 0.5) is 24.5 Å². The van der Waals surface area contributed by atoms with Crippen molar-refractivity contribution >= 4 is 17.3 Å². The second-order valence-corrected chi connectivity index (χ2v) is 7.02. The molecule has 28 heavy (non-hydrogen) atoms. The molecule has 1 aliphatic rings. The molecular formula is C21H24F3N3O. The lowest BCUT2D eigenvalue weighted by molar-refractivity contribution is -0.137. The van der Waals surface area contributed by atoms with Crippen LogP contribution in [0.1, 0.15) is 30.4 Å². The summed E-state index contributed by atoms with van der Waals surface area (Å²) in [4.78, 5) is 14.6. The highest BCUT2D eigenvalue weighted by molar-refractivity contribution is 5.93. The van der Waals surface area contributed by atoms with Crippen molar-refractivity contribution in [3.8, 4) is 0 Å². The molecule has 4 nitrogen and oxygen atoms in total. The molecule has 7 heteroatoms. The molecule has 1 fully saturated rings. The van der Waals surface area contributed by atoms with Crippen LogP contribution in [0.2, 0.25) is 0 Å². The molecule has 0 spiro atoms. The van der Waals surface area contributed by atoms with Gasteiger partial charge in [0.1, 0.15) is 0 Å². The van der Waals surface area contributed by atoms with Crippen molar-refractivity contribution in [1.82, 2.24) is 4.90 Å². The number of nitrogens with zero attached hydrogens (tertiary/aromatic N) is 1. The van der Waals surface area contributed by atoms with E-state index in [1.54, 1.807) is 0 Å². The third kappa shape index (κ3) is 5.99. The van der Waals surface area contributed by atoms with Crippen LogP contribution in [0.25, 0.3) is 0 Å². The Morgan fingerprint density at radius 3 is 2.43 bits per heavy atom. The minimum atomic E-state index is -4.41. The van der Waals surface area contributed by atoms with E-state index in [0.29, 0.717) is 5.69 Å². The number of carbonyl (C=O) groups excluding carboxylic acids is 1. The SMILES string of the molecule is O=C(CNc1cccc(C(F)(F)F)c1)Nc1cccc(CN2CCCCC2)c1. The molecular weight excluding hydrogens is 367 g/mol. The van der Waals surface area contributed by atoms with Crippen LogP contribution in [-0.4, -0.2) is 30.4 Å². The van der Waals surface area contributed by atoms with Gasteiger partial charge in [-0.05, 0) is 61.8 Å². The smallest absolute Gasteiger partial charge is 0.376 e. The van der Waals surface area contributed by atoms with E-state index >= 15 is 0 Å². The molecule has 0 aliphatic carbocycles. The molecule has 0 atom stereocenters. The number of alkyl halides is 3. The maximum atomic E-state index is 12.7. The highest BCUT2D eigenvalue weighted by Gasteiger charge is 2.30. The van der Waals surface area contributed by atoms with Crippen molar-refractivity contribution in [2.45, 2.75) is 32.0 Å². The van der Waals surface area contributed by atoms with Gasteiger partial charge in [-0.25, -0.2) is 0 Å². The number of benzene rings is 2. The standard InChI is InChI=1S/C21H24F3N3O/c22-21(23,24)17-7-5-8-18(13-17)25-14-20(28)26-19-9-4-6-16(12-19)15-27-10-2-1-3-11-27/h4-9,12-13,25H,1-3,10-11,14-15H2,(H,26,28). The van der Waals surface area contributed by atoms with Crippen LogP contribution in [0.3, 0.4) is 0 Å². The van der Waals surface area contributed by atoms with Gasteiger partial charge in [0.05, 0.1) is 12.1 Å². The van der Waals surface area contributed by atoms with Gasteiger partial charge in [-0.2, -0.15) is 13.2 Å². The van der Waals surface area contributed by atoms with Crippen LogP contribution in [0.15, 0.2) is 48.5 Å². The van der Waals surface area contributed by atoms with Crippen LogP contribution in [0.5, 0.6) is 0 Å². The van der Waals surface area contributed by atoms with Crippen molar-refractivity contribution < 1.29 is 18.0 Å². The van der Waals surface area contributed by atoms with Crippen LogP contribution >= 0.6 is 0 Å². The molecule has 1 saturated heterocycles. The van der Waals surface area contributed by atoms with Crippen molar-refractivity contribution in [3.63, 3.8) is 0 Å². The Morgan fingerprint density at radius 2 is 1.68 bits per heavy atom. The van der Waals surface area contributed by atoms with Gasteiger partial charge >= 0.3 is 6.18 Å². The first kappa shape index (κ1) is 20.2. The lowest BCUT2D eigenvalue weighted by Gasteiger charge is -2.26. The minimum Gasteiger partial charge on any atom is -0.376 e. The van der Waals surface area contributed by atoms with Gasteiger partial charge in [0.25, 0.3) is 0 Å². The highest BCUT2D eigenvalue weighted by atomic mass is 19.4. The summed E-state index contributed by atoms with van der Waals surface area (Å²) >= 11 is 0.